The van der Waals surface area contributed by atoms with E-state index in [0.717, 1.165) is 12.3 Å². The molecule has 1 fully saturated rings. The third kappa shape index (κ3) is 4.34. The number of hydrogen-bond acceptors (Lipinski definition) is 2. The fraction of sp³-hybridized carbons (Fsp3) is 0.533. The smallest absolute Gasteiger partial charge is 0.311 e. The Kier molecular flexibility index (Phi) is 5.06. The molecule has 0 saturated heterocycles. The van der Waals surface area contributed by atoms with E-state index in [-0.39, 0.29) is 5.97 Å². The molecule has 0 amide bonds. The molecule has 1 aliphatic carbocycles. The quantitative estimate of drug-likeness (QED) is 0.588. The fourth-order valence-electron chi connectivity index (χ4n) is 2.48. The lowest BCUT2D eigenvalue weighted by Crippen LogP contribution is -2.12. The number of carbonyl (C=O) groups excluding carboxylic acids is 1. The summed E-state index contributed by atoms with van der Waals surface area (Å²) in [4.78, 5) is 11.7. The Balaban J connectivity index is 1.73. The van der Waals surface area contributed by atoms with Crippen LogP contribution in [0.3, 0.4) is 0 Å². The van der Waals surface area contributed by atoms with Gasteiger partial charge in [0.25, 0.3) is 0 Å². The number of hydrogen-bond donors (Lipinski definition) is 0. The highest BCUT2D eigenvalue weighted by molar-refractivity contribution is 6.30. The highest BCUT2D eigenvalue weighted by Crippen LogP contribution is 2.27. The highest BCUT2D eigenvalue weighted by Gasteiger charge is 2.15. The van der Waals surface area contributed by atoms with Crippen LogP contribution in [0.15, 0.2) is 24.3 Å². The van der Waals surface area contributed by atoms with Crippen LogP contribution in [-0.2, 0) is 4.79 Å². The molecule has 2 rings (SSSR count). The van der Waals surface area contributed by atoms with Crippen molar-refractivity contribution in [1.82, 2.24) is 0 Å². The van der Waals surface area contributed by atoms with Gasteiger partial charge in [0.05, 0.1) is 0 Å². The molecule has 0 radical (unpaired) electrons. The third-order valence-electron chi connectivity index (χ3n) is 3.53. The summed E-state index contributed by atoms with van der Waals surface area (Å²) >= 11 is 5.77. The summed E-state index contributed by atoms with van der Waals surface area (Å²) in [5.74, 6) is 1.16. The molecule has 1 aromatic rings. The number of esters is 1. The van der Waals surface area contributed by atoms with Crippen molar-refractivity contribution < 1.29 is 9.53 Å². The normalized spacial score (nSPS) is 16.5. The minimum absolute atomic E-state index is 0.136. The van der Waals surface area contributed by atoms with Crippen molar-refractivity contribution in [3.8, 4) is 5.75 Å². The number of halogens is 1. The molecule has 0 bridgehead atoms. The molecule has 2 nitrogen and oxygen atoms in total. The Morgan fingerprint density at radius 1 is 1.17 bits per heavy atom. The molecule has 0 unspecified atom stereocenters. The summed E-state index contributed by atoms with van der Waals surface area (Å²) in [6.07, 6.45) is 8.02. The Morgan fingerprint density at radius 3 is 2.50 bits per heavy atom. The molecule has 1 aliphatic rings. The van der Waals surface area contributed by atoms with E-state index in [1.165, 1.54) is 32.1 Å². The Labute approximate surface area is 113 Å². The molecule has 18 heavy (non-hydrogen) atoms. The van der Waals surface area contributed by atoms with Crippen molar-refractivity contribution in [3.63, 3.8) is 0 Å². The van der Waals surface area contributed by atoms with Crippen LogP contribution in [0.4, 0.5) is 0 Å². The van der Waals surface area contributed by atoms with Crippen LogP contribution in [0.5, 0.6) is 5.75 Å². The predicted molar refractivity (Wildman–Crippen MR) is 72.9 cm³/mol. The van der Waals surface area contributed by atoms with E-state index in [2.05, 4.69) is 0 Å². The van der Waals surface area contributed by atoms with Gasteiger partial charge in [0.2, 0.25) is 0 Å². The number of rotatable bonds is 4. The van der Waals surface area contributed by atoms with E-state index in [0.29, 0.717) is 17.2 Å². The van der Waals surface area contributed by atoms with Gasteiger partial charge in [-0.1, -0.05) is 43.7 Å². The first-order valence-electron chi connectivity index (χ1n) is 6.70. The molecular weight excluding hydrogens is 248 g/mol. The topological polar surface area (TPSA) is 26.3 Å². The maximum absolute atomic E-state index is 11.7. The maximum Gasteiger partial charge on any atom is 0.311 e. The first kappa shape index (κ1) is 13.4. The summed E-state index contributed by atoms with van der Waals surface area (Å²) in [6.45, 7) is 0. The highest BCUT2D eigenvalue weighted by atomic mass is 35.5. The van der Waals surface area contributed by atoms with E-state index in [1.54, 1.807) is 24.3 Å². The molecule has 0 atom stereocenters. The van der Waals surface area contributed by atoms with Crippen molar-refractivity contribution >= 4 is 17.6 Å². The lowest BCUT2D eigenvalue weighted by atomic mass is 9.86. The van der Waals surface area contributed by atoms with Gasteiger partial charge in [0.15, 0.2) is 0 Å². The SMILES string of the molecule is O=C(CCC1CCCCC1)Oc1ccc(Cl)cc1. The predicted octanol–water partition coefficient (Wildman–Crippen LogP) is 4.61. The zero-order valence-corrected chi connectivity index (χ0v) is 11.3. The van der Waals surface area contributed by atoms with Gasteiger partial charge in [-0.3, -0.25) is 4.79 Å². The summed E-state index contributed by atoms with van der Waals surface area (Å²) < 4.78 is 5.26. The van der Waals surface area contributed by atoms with Crippen LogP contribution >= 0.6 is 11.6 Å². The van der Waals surface area contributed by atoms with Gasteiger partial charge in [-0.15, -0.1) is 0 Å². The summed E-state index contributed by atoms with van der Waals surface area (Å²) in [5.41, 5.74) is 0. The van der Waals surface area contributed by atoms with Gasteiger partial charge in [-0.25, -0.2) is 0 Å². The van der Waals surface area contributed by atoms with Gasteiger partial charge in [-0.05, 0) is 36.6 Å². The van der Waals surface area contributed by atoms with Crippen molar-refractivity contribution in [2.75, 3.05) is 0 Å². The second-order valence-electron chi connectivity index (χ2n) is 4.97. The largest absolute Gasteiger partial charge is 0.427 e. The fourth-order valence-corrected chi connectivity index (χ4v) is 2.61. The molecule has 3 heteroatoms. The van der Waals surface area contributed by atoms with Crippen molar-refractivity contribution in [2.24, 2.45) is 5.92 Å². The first-order valence-corrected chi connectivity index (χ1v) is 7.08. The molecule has 1 aromatic carbocycles. The number of benzene rings is 1. The van der Waals surface area contributed by atoms with E-state index in [4.69, 9.17) is 16.3 Å². The van der Waals surface area contributed by atoms with E-state index >= 15 is 0 Å². The molecular formula is C15H19ClO2. The van der Waals surface area contributed by atoms with Crippen LogP contribution < -0.4 is 4.74 Å². The van der Waals surface area contributed by atoms with Crippen LogP contribution in [0, 0.1) is 5.92 Å². The standard InChI is InChI=1S/C15H19ClO2/c16-13-7-9-14(10-8-13)18-15(17)11-6-12-4-2-1-3-5-12/h7-10,12H,1-6,11H2. The second-order valence-corrected chi connectivity index (χ2v) is 5.41. The van der Waals surface area contributed by atoms with E-state index in [1.807, 2.05) is 0 Å². The molecule has 1 saturated carbocycles. The van der Waals surface area contributed by atoms with Crippen LogP contribution in [0.2, 0.25) is 5.02 Å². The van der Waals surface area contributed by atoms with Gasteiger partial charge >= 0.3 is 5.97 Å². The van der Waals surface area contributed by atoms with Crippen LogP contribution in [0.1, 0.15) is 44.9 Å². The Morgan fingerprint density at radius 2 is 1.83 bits per heavy atom. The first-order chi connectivity index (χ1) is 8.74. The molecule has 0 aliphatic heterocycles. The average molecular weight is 267 g/mol. The zero-order valence-electron chi connectivity index (χ0n) is 10.5. The monoisotopic (exact) mass is 266 g/mol. The van der Waals surface area contributed by atoms with Crippen LogP contribution in [-0.4, -0.2) is 5.97 Å². The Hall–Kier alpha value is -1.02. The zero-order chi connectivity index (χ0) is 12.8. The Bertz CT molecular complexity index is 380. The van der Waals surface area contributed by atoms with Gasteiger partial charge in [-0.2, -0.15) is 0 Å². The molecule has 98 valence electrons. The molecule has 0 aromatic heterocycles. The second kappa shape index (κ2) is 6.79. The van der Waals surface area contributed by atoms with Crippen molar-refractivity contribution in [3.05, 3.63) is 29.3 Å². The molecule has 0 N–H and O–H groups in total. The summed E-state index contributed by atoms with van der Waals surface area (Å²) in [5, 5.41) is 0.650. The number of carbonyl (C=O) groups is 1. The van der Waals surface area contributed by atoms with Gasteiger partial charge in [0.1, 0.15) is 5.75 Å². The average Bonchev–Trinajstić information content (AvgIpc) is 2.40. The third-order valence-corrected chi connectivity index (χ3v) is 3.78. The van der Waals surface area contributed by atoms with Crippen molar-refractivity contribution in [1.29, 1.82) is 0 Å². The molecule has 0 heterocycles. The molecule has 0 spiro atoms. The summed E-state index contributed by atoms with van der Waals surface area (Å²) in [7, 11) is 0. The van der Waals surface area contributed by atoms with Crippen molar-refractivity contribution in [2.45, 2.75) is 44.9 Å². The maximum atomic E-state index is 11.7. The minimum atomic E-state index is -0.136. The van der Waals surface area contributed by atoms with Gasteiger partial charge < -0.3 is 4.74 Å². The number of ether oxygens (including phenoxy) is 1. The van der Waals surface area contributed by atoms with Crippen LogP contribution in [0.25, 0.3) is 0 Å². The lowest BCUT2D eigenvalue weighted by molar-refractivity contribution is -0.134. The minimum Gasteiger partial charge on any atom is -0.427 e. The summed E-state index contributed by atoms with van der Waals surface area (Å²) in [6, 6.07) is 6.90. The van der Waals surface area contributed by atoms with E-state index < -0.39 is 0 Å². The lowest BCUT2D eigenvalue weighted by Gasteiger charge is -2.20. The van der Waals surface area contributed by atoms with E-state index in [9.17, 15) is 4.79 Å². The van der Waals surface area contributed by atoms with Gasteiger partial charge in [0, 0.05) is 11.4 Å².